The van der Waals surface area contributed by atoms with Crippen LogP contribution in [0.5, 0.6) is 0 Å². The quantitative estimate of drug-likeness (QED) is 0.807. The number of aromatic amines is 1. The predicted molar refractivity (Wildman–Crippen MR) is 96.3 cm³/mol. The summed E-state index contributed by atoms with van der Waals surface area (Å²) in [7, 11) is -3.50. The second kappa shape index (κ2) is 7.53. The van der Waals surface area contributed by atoms with E-state index < -0.39 is 10.0 Å². The van der Waals surface area contributed by atoms with E-state index in [1.165, 1.54) is 0 Å². The van der Waals surface area contributed by atoms with Gasteiger partial charge < -0.3 is 9.88 Å². The molecule has 1 fully saturated rings. The number of benzene rings is 1. The Labute approximate surface area is 147 Å². The molecule has 2 aromatic rings. The first-order valence-electron chi connectivity index (χ1n) is 8.62. The summed E-state index contributed by atoms with van der Waals surface area (Å²) >= 11 is 0. The molecule has 8 heteroatoms. The highest BCUT2D eigenvalue weighted by molar-refractivity contribution is 7.89. The first-order chi connectivity index (χ1) is 11.9. The number of nitrogens with one attached hydrogen (secondary N) is 1. The largest absolute Gasteiger partial charge is 0.342 e. The van der Waals surface area contributed by atoms with Crippen molar-refractivity contribution < 1.29 is 13.2 Å². The standard InChI is InChI=1S/C17H24N4O3S/c18-25(23,24)10-4-8-17(22)21-9-3-5-13(12-21)11-16-19-14-6-1-2-7-15(14)20-16/h1-2,6-7,13H,3-5,8-12H2,(H,19,20)(H2,18,23,24)/t13-/m0/s1. The van der Waals surface area contributed by atoms with E-state index in [-0.39, 0.29) is 24.5 Å². The highest BCUT2D eigenvalue weighted by Gasteiger charge is 2.24. The number of nitrogens with two attached hydrogens (primary N) is 1. The highest BCUT2D eigenvalue weighted by atomic mass is 32.2. The normalized spacial score (nSPS) is 18.6. The number of hydrogen-bond acceptors (Lipinski definition) is 4. The van der Waals surface area contributed by atoms with Crippen molar-refractivity contribution in [2.24, 2.45) is 11.1 Å². The zero-order chi connectivity index (χ0) is 17.9. The van der Waals surface area contributed by atoms with Crippen molar-refractivity contribution in [3.8, 4) is 0 Å². The molecule has 0 radical (unpaired) electrons. The molecule has 1 aromatic heterocycles. The minimum atomic E-state index is -3.50. The SMILES string of the molecule is NS(=O)(=O)CCCC(=O)N1CCC[C@@H](Cc2nc3ccccc3[nH]2)C1. The van der Waals surface area contributed by atoms with Gasteiger partial charge in [-0.15, -0.1) is 0 Å². The fourth-order valence-corrected chi connectivity index (χ4v) is 3.96. The third-order valence-electron chi connectivity index (χ3n) is 4.61. The topological polar surface area (TPSA) is 109 Å². The van der Waals surface area contributed by atoms with Crippen LogP contribution in [0.3, 0.4) is 0 Å². The number of hydrogen-bond donors (Lipinski definition) is 2. The third kappa shape index (κ3) is 5.02. The van der Waals surface area contributed by atoms with Crippen LogP contribution < -0.4 is 5.14 Å². The van der Waals surface area contributed by atoms with Gasteiger partial charge in [0.15, 0.2) is 0 Å². The van der Waals surface area contributed by atoms with Gasteiger partial charge in [0.05, 0.1) is 16.8 Å². The molecule has 0 bridgehead atoms. The predicted octanol–water partition coefficient (Wildman–Crippen LogP) is 1.41. The van der Waals surface area contributed by atoms with Crippen LogP contribution in [0.25, 0.3) is 11.0 Å². The van der Waals surface area contributed by atoms with Crippen LogP contribution in [0, 0.1) is 5.92 Å². The smallest absolute Gasteiger partial charge is 0.222 e. The molecule has 0 saturated carbocycles. The van der Waals surface area contributed by atoms with Crippen molar-refractivity contribution >= 4 is 27.0 Å². The second-order valence-electron chi connectivity index (χ2n) is 6.72. The molecule has 7 nitrogen and oxygen atoms in total. The summed E-state index contributed by atoms with van der Waals surface area (Å²) in [5, 5.41) is 4.98. The lowest BCUT2D eigenvalue weighted by molar-refractivity contribution is -0.133. The first kappa shape index (κ1) is 17.9. The van der Waals surface area contributed by atoms with Gasteiger partial charge in [-0.1, -0.05) is 12.1 Å². The summed E-state index contributed by atoms with van der Waals surface area (Å²) in [6, 6.07) is 7.94. The number of primary sulfonamides is 1. The maximum Gasteiger partial charge on any atom is 0.222 e. The molecular weight excluding hydrogens is 340 g/mol. The Morgan fingerprint density at radius 2 is 2.16 bits per heavy atom. The number of H-pyrrole nitrogens is 1. The molecule has 1 amide bonds. The van der Waals surface area contributed by atoms with E-state index >= 15 is 0 Å². The maximum atomic E-state index is 12.3. The number of nitrogens with zero attached hydrogens (tertiary/aromatic N) is 2. The number of carbonyl (C=O) groups is 1. The zero-order valence-electron chi connectivity index (χ0n) is 14.1. The van der Waals surface area contributed by atoms with Crippen LogP contribution in [0.2, 0.25) is 0 Å². The zero-order valence-corrected chi connectivity index (χ0v) is 15.0. The molecule has 0 unspecified atom stereocenters. The number of para-hydroxylation sites is 2. The van der Waals surface area contributed by atoms with E-state index in [9.17, 15) is 13.2 Å². The molecule has 0 aliphatic carbocycles. The maximum absolute atomic E-state index is 12.3. The van der Waals surface area contributed by atoms with Crippen LogP contribution >= 0.6 is 0 Å². The molecule has 2 heterocycles. The van der Waals surface area contributed by atoms with Gasteiger partial charge in [-0.3, -0.25) is 4.79 Å². The van der Waals surface area contributed by atoms with Crippen molar-refractivity contribution in [3.05, 3.63) is 30.1 Å². The van der Waals surface area contributed by atoms with Gasteiger partial charge >= 0.3 is 0 Å². The van der Waals surface area contributed by atoms with E-state index in [2.05, 4.69) is 9.97 Å². The first-order valence-corrected chi connectivity index (χ1v) is 10.3. The average Bonchev–Trinajstić information content (AvgIpc) is 2.96. The van der Waals surface area contributed by atoms with Gasteiger partial charge in [-0.2, -0.15) is 0 Å². The van der Waals surface area contributed by atoms with Crippen molar-refractivity contribution in [2.45, 2.75) is 32.1 Å². The molecule has 136 valence electrons. The number of amides is 1. The molecule has 1 atom stereocenters. The number of rotatable bonds is 6. The Balaban J connectivity index is 1.54. The highest BCUT2D eigenvalue weighted by Crippen LogP contribution is 2.22. The lowest BCUT2D eigenvalue weighted by atomic mass is 9.94. The van der Waals surface area contributed by atoms with Crippen LogP contribution in [-0.2, 0) is 21.2 Å². The summed E-state index contributed by atoms with van der Waals surface area (Å²) in [6.07, 6.45) is 3.36. The van der Waals surface area contributed by atoms with Crippen molar-refractivity contribution in [3.63, 3.8) is 0 Å². The summed E-state index contributed by atoms with van der Waals surface area (Å²) in [4.78, 5) is 22.1. The van der Waals surface area contributed by atoms with Gasteiger partial charge in [0, 0.05) is 25.9 Å². The van der Waals surface area contributed by atoms with E-state index in [1.54, 1.807) is 0 Å². The van der Waals surface area contributed by atoms with Crippen LogP contribution in [-0.4, -0.2) is 48.0 Å². The number of aromatic nitrogens is 2. The Bertz CT molecular complexity index is 813. The Hall–Kier alpha value is -1.93. The summed E-state index contributed by atoms with van der Waals surface area (Å²) in [5.74, 6) is 1.19. The molecule has 1 aliphatic heterocycles. The number of fused-ring (bicyclic) bond motifs is 1. The molecule has 0 spiro atoms. The van der Waals surface area contributed by atoms with Gasteiger partial charge in [-0.05, 0) is 37.3 Å². The van der Waals surface area contributed by atoms with Crippen molar-refractivity contribution in [1.29, 1.82) is 0 Å². The molecule has 3 N–H and O–H groups in total. The second-order valence-corrected chi connectivity index (χ2v) is 8.46. The van der Waals surface area contributed by atoms with E-state index in [4.69, 9.17) is 5.14 Å². The van der Waals surface area contributed by atoms with Crippen LogP contribution in [0.15, 0.2) is 24.3 Å². The Morgan fingerprint density at radius 3 is 2.92 bits per heavy atom. The van der Waals surface area contributed by atoms with Gasteiger partial charge in [0.2, 0.25) is 15.9 Å². The van der Waals surface area contributed by atoms with Gasteiger partial charge in [-0.25, -0.2) is 18.5 Å². The average molecular weight is 364 g/mol. The van der Waals surface area contributed by atoms with Crippen LogP contribution in [0.1, 0.15) is 31.5 Å². The third-order valence-corrected chi connectivity index (χ3v) is 5.47. The van der Waals surface area contributed by atoms with Crippen molar-refractivity contribution in [1.82, 2.24) is 14.9 Å². The Morgan fingerprint density at radius 1 is 1.36 bits per heavy atom. The molecule has 1 saturated heterocycles. The number of piperidine rings is 1. The summed E-state index contributed by atoms with van der Waals surface area (Å²) < 4.78 is 21.9. The number of likely N-dealkylation sites (tertiary alicyclic amines) is 1. The fraction of sp³-hybridized carbons (Fsp3) is 0.529. The molecule has 3 rings (SSSR count). The molecule has 1 aliphatic rings. The lowest BCUT2D eigenvalue weighted by Crippen LogP contribution is -2.40. The number of carbonyl (C=O) groups excluding carboxylic acids is 1. The minimum absolute atomic E-state index is 0.0120. The van der Waals surface area contributed by atoms with Gasteiger partial charge in [0.25, 0.3) is 0 Å². The summed E-state index contributed by atoms with van der Waals surface area (Å²) in [5.41, 5.74) is 1.99. The number of sulfonamides is 1. The van der Waals surface area contributed by atoms with E-state index in [0.717, 1.165) is 42.7 Å². The van der Waals surface area contributed by atoms with E-state index in [1.807, 2.05) is 29.2 Å². The number of imidazole rings is 1. The molecular formula is C17H24N4O3S. The van der Waals surface area contributed by atoms with Crippen molar-refractivity contribution in [2.75, 3.05) is 18.8 Å². The molecule has 1 aromatic carbocycles. The van der Waals surface area contributed by atoms with E-state index in [0.29, 0.717) is 12.5 Å². The molecule has 25 heavy (non-hydrogen) atoms. The van der Waals surface area contributed by atoms with Crippen LogP contribution in [0.4, 0.5) is 0 Å². The van der Waals surface area contributed by atoms with Gasteiger partial charge in [0.1, 0.15) is 5.82 Å². The fourth-order valence-electron chi connectivity index (χ4n) is 3.42. The lowest BCUT2D eigenvalue weighted by Gasteiger charge is -2.32. The Kier molecular flexibility index (Phi) is 5.39. The minimum Gasteiger partial charge on any atom is -0.342 e. The monoisotopic (exact) mass is 364 g/mol. The summed E-state index contributed by atoms with van der Waals surface area (Å²) in [6.45, 7) is 1.44.